The molecule has 0 saturated heterocycles. The van der Waals surface area contributed by atoms with Gasteiger partial charge < -0.3 is 5.73 Å². The topological polar surface area (TPSA) is 38.9 Å². The molecule has 0 aliphatic carbocycles. The molecule has 1 aromatic heterocycles. The predicted molar refractivity (Wildman–Crippen MR) is 75.3 cm³/mol. The summed E-state index contributed by atoms with van der Waals surface area (Å²) in [5, 5.41) is 1.83. The van der Waals surface area contributed by atoms with Crippen molar-refractivity contribution in [2.45, 2.75) is 33.1 Å². The number of thiazole rings is 1. The van der Waals surface area contributed by atoms with Crippen LogP contribution in [0.4, 0.5) is 5.00 Å². The molecule has 2 N–H and O–H groups in total. The maximum Gasteiger partial charge on any atom is 0.114 e. The molecule has 0 saturated carbocycles. The van der Waals surface area contributed by atoms with Gasteiger partial charge in [-0.05, 0) is 25.3 Å². The minimum absolute atomic E-state index is 0.809. The minimum Gasteiger partial charge on any atom is -0.389 e. The highest BCUT2D eigenvalue weighted by Gasteiger charge is 2.07. The molecule has 0 amide bonds. The van der Waals surface area contributed by atoms with E-state index in [9.17, 15) is 0 Å². The Hall–Kier alpha value is -1.35. The first-order valence-corrected chi connectivity index (χ1v) is 6.84. The van der Waals surface area contributed by atoms with E-state index in [1.54, 1.807) is 11.3 Å². The van der Waals surface area contributed by atoms with Gasteiger partial charge in [0.15, 0.2) is 0 Å². The van der Waals surface area contributed by atoms with Crippen LogP contribution in [0.5, 0.6) is 0 Å². The third-order valence-electron chi connectivity index (χ3n) is 2.81. The van der Waals surface area contributed by atoms with Gasteiger partial charge in [-0.2, -0.15) is 0 Å². The Kier molecular flexibility index (Phi) is 3.79. The second-order valence-corrected chi connectivity index (χ2v) is 5.48. The standard InChI is InChI=1S/C14H18N2S/c1-3-4-5-11-6-8-12(9-7-11)13-14(15)17-10(2)16-13/h6-9H,3-5,15H2,1-2H3. The molecule has 0 aliphatic rings. The van der Waals surface area contributed by atoms with Crippen molar-refractivity contribution in [3.63, 3.8) is 0 Å². The fraction of sp³-hybridized carbons (Fsp3) is 0.357. The molecule has 1 aromatic carbocycles. The van der Waals surface area contributed by atoms with Crippen molar-refractivity contribution in [3.05, 3.63) is 34.8 Å². The van der Waals surface area contributed by atoms with Crippen LogP contribution >= 0.6 is 11.3 Å². The molecule has 2 nitrogen and oxygen atoms in total. The summed E-state index contributed by atoms with van der Waals surface area (Å²) in [6, 6.07) is 8.60. The lowest BCUT2D eigenvalue weighted by molar-refractivity contribution is 0.795. The molecule has 0 spiro atoms. The molecule has 1 heterocycles. The molecule has 0 unspecified atom stereocenters. The van der Waals surface area contributed by atoms with Crippen molar-refractivity contribution in [1.82, 2.24) is 4.98 Å². The third-order valence-corrected chi connectivity index (χ3v) is 3.61. The van der Waals surface area contributed by atoms with Gasteiger partial charge in [0, 0.05) is 5.56 Å². The van der Waals surface area contributed by atoms with E-state index in [2.05, 4.69) is 36.2 Å². The normalized spacial score (nSPS) is 10.7. The summed E-state index contributed by atoms with van der Waals surface area (Å²) in [4.78, 5) is 4.47. The summed E-state index contributed by atoms with van der Waals surface area (Å²) in [7, 11) is 0. The molecule has 0 fully saturated rings. The van der Waals surface area contributed by atoms with Gasteiger partial charge in [0.05, 0.1) is 5.01 Å². The van der Waals surface area contributed by atoms with Crippen molar-refractivity contribution >= 4 is 16.3 Å². The largest absolute Gasteiger partial charge is 0.389 e. The van der Waals surface area contributed by atoms with Crippen LogP contribution in [0.15, 0.2) is 24.3 Å². The molecule has 2 rings (SSSR count). The number of aryl methyl sites for hydroxylation is 2. The maximum absolute atomic E-state index is 5.95. The van der Waals surface area contributed by atoms with Crippen LogP contribution in [0, 0.1) is 6.92 Å². The summed E-state index contributed by atoms with van der Waals surface area (Å²) in [5.74, 6) is 0. The van der Waals surface area contributed by atoms with E-state index in [4.69, 9.17) is 5.73 Å². The zero-order valence-corrected chi connectivity index (χ0v) is 11.2. The van der Waals surface area contributed by atoms with Crippen LogP contribution in [-0.4, -0.2) is 4.98 Å². The predicted octanol–water partition coefficient (Wildman–Crippen LogP) is 4.04. The van der Waals surface area contributed by atoms with Gasteiger partial charge in [-0.3, -0.25) is 0 Å². The van der Waals surface area contributed by atoms with Gasteiger partial charge in [0.2, 0.25) is 0 Å². The van der Waals surface area contributed by atoms with Crippen molar-refractivity contribution < 1.29 is 0 Å². The Labute approximate surface area is 107 Å². The van der Waals surface area contributed by atoms with Crippen molar-refractivity contribution in [1.29, 1.82) is 0 Å². The number of nitrogens with two attached hydrogens (primary N) is 1. The van der Waals surface area contributed by atoms with Crippen molar-refractivity contribution in [2.75, 3.05) is 5.73 Å². The molecule has 3 heteroatoms. The molecular formula is C14H18N2S. The van der Waals surface area contributed by atoms with E-state index in [0.717, 1.165) is 27.7 Å². The van der Waals surface area contributed by atoms with Gasteiger partial charge in [0.1, 0.15) is 10.7 Å². The number of hydrogen-bond acceptors (Lipinski definition) is 3. The first-order valence-electron chi connectivity index (χ1n) is 6.03. The first-order chi connectivity index (χ1) is 8.20. The summed E-state index contributed by atoms with van der Waals surface area (Å²) in [5.41, 5.74) is 9.38. The lowest BCUT2D eigenvalue weighted by Gasteiger charge is -2.02. The van der Waals surface area contributed by atoms with Crippen LogP contribution in [0.3, 0.4) is 0 Å². The smallest absolute Gasteiger partial charge is 0.114 e. The fourth-order valence-electron chi connectivity index (χ4n) is 1.86. The van der Waals surface area contributed by atoms with Gasteiger partial charge >= 0.3 is 0 Å². The zero-order chi connectivity index (χ0) is 12.3. The highest BCUT2D eigenvalue weighted by molar-refractivity contribution is 7.16. The Morgan fingerprint density at radius 2 is 1.94 bits per heavy atom. The monoisotopic (exact) mass is 246 g/mol. The minimum atomic E-state index is 0.809. The van der Waals surface area contributed by atoms with Crippen LogP contribution in [0.2, 0.25) is 0 Å². The Morgan fingerprint density at radius 1 is 1.24 bits per heavy atom. The molecule has 0 atom stereocenters. The zero-order valence-electron chi connectivity index (χ0n) is 10.4. The second kappa shape index (κ2) is 5.32. The van der Waals surface area contributed by atoms with E-state index in [1.807, 2.05) is 6.92 Å². The first kappa shape index (κ1) is 12.1. The number of benzene rings is 1. The maximum atomic E-state index is 5.95. The summed E-state index contributed by atoms with van der Waals surface area (Å²) >= 11 is 1.55. The van der Waals surface area contributed by atoms with E-state index < -0.39 is 0 Å². The molecule has 2 aromatic rings. The Morgan fingerprint density at radius 3 is 2.47 bits per heavy atom. The Bertz CT molecular complexity index is 485. The third kappa shape index (κ3) is 2.86. The Balaban J connectivity index is 2.20. The van der Waals surface area contributed by atoms with Crippen LogP contribution < -0.4 is 5.73 Å². The SMILES string of the molecule is CCCCc1ccc(-c2nc(C)sc2N)cc1. The average molecular weight is 246 g/mol. The van der Waals surface area contributed by atoms with Gasteiger partial charge in [-0.15, -0.1) is 11.3 Å². The van der Waals surface area contributed by atoms with Crippen LogP contribution in [0.1, 0.15) is 30.3 Å². The molecule has 0 aliphatic heterocycles. The highest BCUT2D eigenvalue weighted by Crippen LogP contribution is 2.30. The molecule has 90 valence electrons. The van der Waals surface area contributed by atoms with Crippen molar-refractivity contribution in [2.24, 2.45) is 0 Å². The number of unbranched alkanes of at least 4 members (excludes halogenated alkanes) is 1. The number of aromatic nitrogens is 1. The summed E-state index contributed by atoms with van der Waals surface area (Å²) in [6.07, 6.45) is 3.64. The van der Waals surface area contributed by atoms with Crippen molar-refractivity contribution in [3.8, 4) is 11.3 Å². The lowest BCUT2D eigenvalue weighted by atomic mass is 10.1. The van der Waals surface area contributed by atoms with Gasteiger partial charge in [-0.25, -0.2) is 4.98 Å². The van der Waals surface area contributed by atoms with E-state index in [1.165, 1.54) is 18.4 Å². The lowest BCUT2D eigenvalue weighted by Crippen LogP contribution is -1.88. The molecule has 0 bridgehead atoms. The van der Waals surface area contributed by atoms with E-state index in [0.29, 0.717) is 0 Å². The highest BCUT2D eigenvalue weighted by atomic mass is 32.1. The number of rotatable bonds is 4. The molecule has 17 heavy (non-hydrogen) atoms. The van der Waals surface area contributed by atoms with Crippen LogP contribution in [-0.2, 0) is 6.42 Å². The number of nitrogen functional groups attached to an aromatic ring is 1. The summed E-state index contributed by atoms with van der Waals surface area (Å²) in [6.45, 7) is 4.20. The quantitative estimate of drug-likeness (QED) is 0.884. The molecule has 0 radical (unpaired) electrons. The average Bonchev–Trinajstić information content (AvgIpc) is 2.66. The molecular weight excluding hydrogens is 228 g/mol. The number of hydrogen-bond donors (Lipinski definition) is 1. The number of anilines is 1. The van der Waals surface area contributed by atoms with Crippen LogP contribution in [0.25, 0.3) is 11.3 Å². The second-order valence-electron chi connectivity index (χ2n) is 4.25. The van der Waals surface area contributed by atoms with Gasteiger partial charge in [-0.1, -0.05) is 37.6 Å². The van der Waals surface area contributed by atoms with E-state index >= 15 is 0 Å². The fourth-order valence-corrected chi connectivity index (χ4v) is 2.58. The summed E-state index contributed by atoms with van der Waals surface area (Å²) < 4.78 is 0. The van der Waals surface area contributed by atoms with Gasteiger partial charge in [0.25, 0.3) is 0 Å². The number of nitrogens with zero attached hydrogens (tertiary/aromatic N) is 1. The van der Waals surface area contributed by atoms with E-state index in [-0.39, 0.29) is 0 Å².